The van der Waals surface area contributed by atoms with Crippen LogP contribution >= 0.6 is 0 Å². The highest BCUT2D eigenvalue weighted by molar-refractivity contribution is 5.95. The average molecular weight is 470 g/mol. The predicted octanol–water partition coefficient (Wildman–Crippen LogP) is 1.43. The number of nitrogens with zero attached hydrogens (tertiary/aromatic N) is 6. The van der Waals surface area contributed by atoms with Gasteiger partial charge in [-0.25, -0.2) is 13.6 Å². The number of piperazine rings is 1. The first-order valence-corrected chi connectivity index (χ1v) is 10.7. The van der Waals surface area contributed by atoms with Crippen LogP contribution in [0, 0.1) is 11.6 Å². The van der Waals surface area contributed by atoms with E-state index in [1.54, 1.807) is 25.1 Å². The SMILES string of the molecule is CN1C(=O)[C@]23C[C@H]1CN2c1cc(OCc2cc(F)c(Oc4cnn(C)c4)c(F)c2)nc(=O)n1C3. The molecular formula is C22H20F2N6O4. The number of likely N-dealkylation sites (tertiary alicyclic amines) is 1. The van der Waals surface area contributed by atoms with Crippen LogP contribution in [0.2, 0.25) is 0 Å². The third-order valence-electron chi connectivity index (χ3n) is 6.76. The predicted molar refractivity (Wildman–Crippen MR) is 114 cm³/mol. The Morgan fingerprint density at radius 1 is 1.18 bits per heavy atom. The number of carbonyl (C=O) groups is 1. The fraction of sp³-hybridized carbons (Fsp3) is 0.364. The maximum Gasteiger partial charge on any atom is 0.352 e. The van der Waals surface area contributed by atoms with Crippen LogP contribution in [0.25, 0.3) is 0 Å². The van der Waals surface area contributed by atoms with Crippen LogP contribution in [-0.4, -0.2) is 55.3 Å². The van der Waals surface area contributed by atoms with E-state index in [1.165, 1.54) is 21.6 Å². The molecule has 0 saturated carbocycles. The summed E-state index contributed by atoms with van der Waals surface area (Å²) in [6, 6.07) is 3.89. The van der Waals surface area contributed by atoms with Crippen molar-refractivity contribution in [3.63, 3.8) is 0 Å². The molecule has 0 N–H and O–H groups in total. The highest BCUT2D eigenvalue weighted by Gasteiger charge is 2.63. The van der Waals surface area contributed by atoms with Gasteiger partial charge in [0, 0.05) is 33.1 Å². The molecule has 2 aromatic heterocycles. The monoisotopic (exact) mass is 470 g/mol. The molecule has 3 aromatic rings. The van der Waals surface area contributed by atoms with Gasteiger partial charge < -0.3 is 19.3 Å². The lowest BCUT2D eigenvalue weighted by Gasteiger charge is -2.35. The number of rotatable bonds is 5. The second-order valence-corrected chi connectivity index (χ2v) is 8.87. The smallest absolute Gasteiger partial charge is 0.352 e. The van der Waals surface area contributed by atoms with Crippen molar-refractivity contribution in [3.05, 3.63) is 58.3 Å². The van der Waals surface area contributed by atoms with Gasteiger partial charge >= 0.3 is 5.69 Å². The molecule has 1 aromatic carbocycles. The van der Waals surface area contributed by atoms with Crippen molar-refractivity contribution in [3.8, 4) is 17.4 Å². The van der Waals surface area contributed by atoms with Crippen LogP contribution in [0.15, 0.2) is 35.4 Å². The van der Waals surface area contributed by atoms with Gasteiger partial charge in [0.2, 0.25) is 5.88 Å². The standard InChI is InChI=1S/C22H20F2N6O4/c1-27-9-14(7-25-27)34-19-15(23)3-12(4-16(19)24)10-33-17-5-18-29(21(32)26-17)11-22-6-13(8-30(18)22)28(2)20(22)31/h3-5,7,9,13H,6,8,10-11H2,1-2H3/t13-,22+/m0/s1. The van der Waals surface area contributed by atoms with Crippen LogP contribution in [0.1, 0.15) is 12.0 Å². The van der Waals surface area contributed by atoms with Crippen molar-refractivity contribution in [2.24, 2.45) is 7.05 Å². The lowest BCUT2D eigenvalue weighted by Crippen LogP contribution is -2.55. The number of anilines is 1. The molecule has 10 nitrogen and oxygen atoms in total. The summed E-state index contributed by atoms with van der Waals surface area (Å²) in [4.78, 5) is 33.1. The minimum Gasteiger partial charge on any atom is -0.473 e. The molecule has 2 saturated heterocycles. The summed E-state index contributed by atoms with van der Waals surface area (Å²) in [6.45, 7) is 0.662. The molecule has 3 aliphatic rings. The van der Waals surface area contributed by atoms with Crippen LogP contribution in [0.4, 0.5) is 14.6 Å². The van der Waals surface area contributed by atoms with E-state index in [4.69, 9.17) is 9.47 Å². The van der Waals surface area contributed by atoms with Crippen molar-refractivity contribution in [1.29, 1.82) is 0 Å². The van der Waals surface area contributed by atoms with Crippen LogP contribution in [0.3, 0.4) is 0 Å². The van der Waals surface area contributed by atoms with E-state index in [9.17, 15) is 18.4 Å². The Morgan fingerprint density at radius 3 is 2.62 bits per heavy atom. The Labute approximate surface area is 191 Å². The van der Waals surface area contributed by atoms with E-state index >= 15 is 0 Å². The highest BCUT2D eigenvalue weighted by atomic mass is 19.1. The number of carbonyl (C=O) groups excluding carboxylic acids is 1. The minimum absolute atomic E-state index is 0.00568. The van der Waals surface area contributed by atoms with Crippen molar-refractivity contribution in [2.45, 2.75) is 31.2 Å². The van der Waals surface area contributed by atoms with E-state index in [0.29, 0.717) is 18.8 Å². The number of hydrogen-bond acceptors (Lipinski definition) is 7. The van der Waals surface area contributed by atoms with Crippen molar-refractivity contribution in [1.82, 2.24) is 24.2 Å². The van der Waals surface area contributed by atoms with E-state index in [2.05, 4.69) is 10.1 Å². The molecule has 6 rings (SSSR count). The van der Waals surface area contributed by atoms with E-state index in [-0.39, 0.29) is 42.3 Å². The quantitative estimate of drug-likeness (QED) is 0.557. The summed E-state index contributed by atoms with van der Waals surface area (Å²) in [5, 5.41) is 3.89. The molecule has 1 amide bonds. The molecule has 2 fully saturated rings. The minimum atomic E-state index is -0.901. The Kier molecular flexibility index (Phi) is 4.26. The first-order chi connectivity index (χ1) is 16.2. The van der Waals surface area contributed by atoms with E-state index < -0.39 is 28.6 Å². The number of amides is 1. The topological polar surface area (TPSA) is 94.7 Å². The third-order valence-corrected chi connectivity index (χ3v) is 6.76. The highest BCUT2D eigenvalue weighted by Crippen LogP contribution is 2.48. The van der Waals surface area contributed by atoms with E-state index in [0.717, 1.165) is 12.1 Å². The summed E-state index contributed by atoms with van der Waals surface area (Å²) in [5.74, 6) is -1.57. The first kappa shape index (κ1) is 20.6. The molecule has 0 unspecified atom stereocenters. The molecular weight excluding hydrogens is 450 g/mol. The normalized spacial score (nSPS) is 22.4. The van der Waals surface area contributed by atoms with Crippen LogP contribution < -0.4 is 20.1 Å². The van der Waals surface area contributed by atoms with Gasteiger partial charge in [0.25, 0.3) is 5.91 Å². The maximum absolute atomic E-state index is 14.5. The molecule has 12 heteroatoms. The Balaban J connectivity index is 1.22. The molecule has 3 aliphatic heterocycles. The number of halogens is 2. The van der Waals surface area contributed by atoms with Crippen molar-refractivity contribution < 1.29 is 23.0 Å². The third kappa shape index (κ3) is 2.90. The fourth-order valence-corrected chi connectivity index (χ4v) is 5.14. The maximum atomic E-state index is 14.5. The second-order valence-electron chi connectivity index (χ2n) is 8.87. The van der Waals surface area contributed by atoms with Gasteiger partial charge in [-0.05, 0) is 17.7 Å². The summed E-state index contributed by atoms with van der Waals surface area (Å²) >= 11 is 0. The van der Waals surface area contributed by atoms with Gasteiger partial charge in [0.15, 0.2) is 23.1 Å². The molecule has 176 valence electrons. The lowest BCUT2D eigenvalue weighted by molar-refractivity contribution is -0.133. The molecule has 5 heterocycles. The van der Waals surface area contributed by atoms with Gasteiger partial charge in [0.1, 0.15) is 18.0 Å². The number of likely N-dealkylation sites (N-methyl/N-ethyl adjacent to an activating group) is 1. The first-order valence-electron chi connectivity index (χ1n) is 10.7. The zero-order valence-corrected chi connectivity index (χ0v) is 18.4. The van der Waals surface area contributed by atoms with Gasteiger partial charge in [0.05, 0.1) is 25.0 Å². The number of aromatic nitrogens is 4. The van der Waals surface area contributed by atoms with Gasteiger partial charge in [-0.1, -0.05) is 0 Å². The molecule has 1 spiro atoms. The van der Waals surface area contributed by atoms with E-state index in [1.807, 2.05) is 4.90 Å². The average Bonchev–Trinajstić information content (AvgIpc) is 3.51. The van der Waals surface area contributed by atoms with Crippen LogP contribution in [0.5, 0.6) is 17.4 Å². The zero-order valence-electron chi connectivity index (χ0n) is 18.4. The summed E-state index contributed by atoms with van der Waals surface area (Å²) in [7, 11) is 3.44. The van der Waals surface area contributed by atoms with Gasteiger partial charge in [-0.3, -0.25) is 14.0 Å². The summed E-state index contributed by atoms with van der Waals surface area (Å²) < 4.78 is 42.8. The summed E-state index contributed by atoms with van der Waals surface area (Å²) in [5.41, 5.74) is -1.08. The lowest BCUT2D eigenvalue weighted by atomic mass is 9.99. The second kappa shape index (κ2) is 7.02. The van der Waals surface area contributed by atoms with Gasteiger partial charge in [-0.15, -0.1) is 0 Å². The van der Waals surface area contributed by atoms with Crippen LogP contribution in [-0.2, 0) is 25.0 Å². The molecule has 2 bridgehead atoms. The number of benzene rings is 1. The summed E-state index contributed by atoms with van der Waals surface area (Å²) in [6.07, 6.45) is 3.48. The molecule has 0 aliphatic carbocycles. The number of ether oxygens (including phenoxy) is 2. The van der Waals surface area contributed by atoms with Crippen molar-refractivity contribution in [2.75, 3.05) is 18.5 Å². The Hall–Kier alpha value is -3.96. The fourth-order valence-electron chi connectivity index (χ4n) is 5.14. The Morgan fingerprint density at radius 2 is 1.94 bits per heavy atom. The van der Waals surface area contributed by atoms with Crippen molar-refractivity contribution >= 4 is 11.7 Å². The molecule has 34 heavy (non-hydrogen) atoms. The number of aryl methyl sites for hydroxylation is 1. The van der Waals surface area contributed by atoms with Gasteiger partial charge in [-0.2, -0.15) is 10.1 Å². The number of hydrogen-bond donors (Lipinski definition) is 0. The Bertz CT molecular complexity index is 1380. The number of fused-ring (bicyclic) bond motifs is 3. The largest absolute Gasteiger partial charge is 0.473 e. The molecule has 2 atom stereocenters. The zero-order chi connectivity index (χ0) is 23.8. The molecule has 0 radical (unpaired) electrons.